The summed E-state index contributed by atoms with van der Waals surface area (Å²) in [6, 6.07) is 10.5. The van der Waals surface area contributed by atoms with E-state index in [4.69, 9.17) is 14.2 Å². The Balaban J connectivity index is 1.44. The van der Waals surface area contributed by atoms with Gasteiger partial charge in [0.05, 0.1) is 18.1 Å². The zero-order valence-corrected chi connectivity index (χ0v) is 18.2. The second-order valence-corrected chi connectivity index (χ2v) is 9.01. The zero-order chi connectivity index (χ0) is 22.7. The summed E-state index contributed by atoms with van der Waals surface area (Å²) in [5, 5.41) is 2.61. The molecule has 0 unspecified atom stereocenters. The second kappa shape index (κ2) is 9.05. The molecule has 1 saturated heterocycles. The van der Waals surface area contributed by atoms with Gasteiger partial charge < -0.3 is 24.4 Å². The number of nitrogens with zero attached hydrogens (tertiary/aromatic N) is 1. The standard InChI is InChI=1S/C21H23N3O7S/c1-14(25)22-15-2-4-16(5-3-15)23-32(27,28)17-6-7-18-19(12-17)30-13-20(31-18)21(26)24-8-10-29-11-9-24/h2-7,12,20,23H,8-11,13H2,1H3,(H,22,25)/t20-/m1/s1. The molecule has 0 aliphatic carbocycles. The van der Waals surface area contributed by atoms with Crippen LogP contribution in [0.2, 0.25) is 0 Å². The van der Waals surface area contributed by atoms with Crippen LogP contribution in [-0.2, 0) is 24.3 Å². The maximum atomic E-state index is 12.8. The van der Waals surface area contributed by atoms with Crippen molar-refractivity contribution in [3.63, 3.8) is 0 Å². The number of nitrogens with one attached hydrogen (secondary N) is 2. The van der Waals surface area contributed by atoms with Gasteiger partial charge in [-0.2, -0.15) is 0 Å². The van der Waals surface area contributed by atoms with Gasteiger partial charge in [0.2, 0.25) is 12.0 Å². The Morgan fingerprint density at radius 3 is 2.38 bits per heavy atom. The van der Waals surface area contributed by atoms with Crippen molar-refractivity contribution in [3.8, 4) is 11.5 Å². The minimum Gasteiger partial charge on any atom is -0.485 e. The van der Waals surface area contributed by atoms with Crippen LogP contribution in [0.15, 0.2) is 47.4 Å². The van der Waals surface area contributed by atoms with Crippen LogP contribution in [-0.4, -0.2) is 64.1 Å². The molecule has 1 fully saturated rings. The van der Waals surface area contributed by atoms with E-state index >= 15 is 0 Å². The molecule has 2 aromatic carbocycles. The van der Waals surface area contributed by atoms with E-state index in [1.54, 1.807) is 29.2 Å². The van der Waals surface area contributed by atoms with Crippen molar-refractivity contribution in [2.75, 3.05) is 42.9 Å². The van der Waals surface area contributed by atoms with Crippen molar-refractivity contribution >= 4 is 33.2 Å². The number of ether oxygens (including phenoxy) is 3. The molecule has 170 valence electrons. The first kappa shape index (κ1) is 21.9. The van der Waals surface area contributed by atoms with Crippen molar-refractivity contribution in [1.29, 1.82) is 0 Å². The van der Waals surface area contributed by atoms with E-state index in [-0.39, 0.29) is 29.1 Å². The number of rotatable bonds is 5. The molecule has 0 spiro atoms. The number of hydrogen-bond acceptors (Lipinski definition) is 7. The maximum absolute atomic E-state index is 12.8. The number of carbonyl (C=O) groups excluding carboxylic acids is 2. The number of benzene rings is 2. The number of morpholine rings is 1. The smallest absolute Gasteiger partial charge is 0.267 e. The van der Waals surface area contributed by atoms with Crippen LogP contribution in [0.25, 0.3) is 0 Å². The summed E-state index contributed by atoms with van der Waals surface area (Å²) in [7, 11) is -3.89. The van der Waals surface area contributed by atoms with E-state index < -0.39 is 16.1 Å². The third-order valence-corrected chi connectivity index (χ3v) is 6.32. The first-order valence-corrected chi connectivity index (χ1v) is 11.5. The number of amides is 2. The number of anilines is 2. The van der Waals surface area contributed by atoms with Gasteiger partial charge in [-0.3, -0.25) is 14.3 Å². The van der Waals surface area contributed by atoms with Crippen LogP contribution < -0.4 is 19.5 Å². The Hall–Kier alpha value is -3.31. The van der Waals surface area contributed by atoms with Crippen LogP contribution in [0, 0.1) is 0 Å². The molecule has 2 aliphatic rings. The van der Waals surface area contributed by atoms with E-state index in [1.807, 2.05) is 0 Å². The van der Waals surface area contributed by atoms with Gasteiger partial charge in [0.25, 0.3) is 15.9 Å². The molecule has 32 heavy (non-hydrogen) atoms. The summed E-state index contributed by atoms with van der Waals surface area (Å²) < 4.78 is 44.7. The van der Waals surface area contributed by atoms with E-state index in [0.29, 0.717) is 43.4 Å². The molecule has 2 aliphatic heterocycles. The predicted molar refractivity (Wildman–Crippen MR) is 115 cm³/mol. The van der Waals surface area contributed by atoms with Crippen LogP contribution >= 0.6 is 0 Å². The zero-order valence-electron chi connectivity index (χ0n) is 17.4. The minimum atomic E-state index is -3.89. The first-order chi connectivity index (χ1) is 15.3. The van der Waals surface area contributed by atoms with Gasteiger partial charge in [0.15, 0.2) is 11.5 Å². The second-order valence-electron chi connectivity index (χ2n) is 7.33. The molecule has 2 heterocycles. The molecule has 4 rings (SSSR count). The number of hydrogen-bond donors (Lipinski definition) is 2. The van der Waals surface area contributed by atoms with Crippen molar-refractivity contribution in [3.05, 3.63) is 42.5 Å². The van der Waals surface area contributed by atoms with Gasteiger partial charge in [-0.05, 0) is 36.4 Å². The fourth-order valence-corrected chi connectivity index (χ4v) is 4.44. The quantitative estimate of drug-likeness (QED) is 0.691. The largest absolute Gasteiger partial charge is 0.485 e. The van der Waals surface area contributed by atoms with Crippen molar-refractivity contribution in [2.24, 2.45) is 0 Å². The van der Waals surface area contributed by atoms with Crippen LogP contribution in [0.1, 0.15) is 6.92 Å². The Morgan fingerprint density at radius 2 is 1.69 bits per heavy atom. The highest BCUT2D eigenvalue weighted by molar-refractivity contribution is 7.92. The fraction of sp³-hybridized carbons (Fsp3) is 0.333. The summed E-state index contributed by atoms with van der Waals surface area (Å²) >= 11 is 0. The van der Waals surface area contributed by atoms with Gasteiger partial charge in [-0.1, -0.05) is 0 Å². The molecule has 11 heteroatoms. The monoisotopic (exact) mass is 461 g/mol. The fourth-order valence-electron chi connectivity index (χ4n) is 3.37. The topological polar surface area (TPSA) is 123 Å². The molecule has 0 radical (unpaired) electrons. The molecule has 0 aromatic heterocycles. The highest BCUT2D eigenvalue weighted by Crippen LogP contribution is 2.34. The molecule has 2 amide bonds. The lowest BCUT2D eigenvalue weighted by Gasteiger charge is -2.32. The summed E-state index contributed by atoms with van der Waals surface area (Å²) in [6.45, 7) is 3.35. The Labute approximate surface area is 185 Å². The maximum Gasteiger partial charge on any atom is 0.267 e. The lowest BCUT2D eigenvalue weighted by atomic mass is 10.2. The summed E-state index contributed by atoms with van der Waals surface area (Å²) in [6.07, 6.45) is -0.789. The van der Waals surface area contributed by atoms with E-state index in [1.165, 1.54) is 25.1 Å². The minimum absolute atomic E-state index is 0.00920. The predicted octanol–water partition coefficient (Wildman–Crippen LogP) is 1.44. The van der Waals surface area contributed by atoms with Crippen molar-refractivity contribution in [1.82, 2.24) is 4.90 Å². The third-order valence-electron chi connectivity index (χ3n) is 4.94. The lowest BCUT2D eigenvalue weighted by molar-refractivity contribution is -0.145. The number of sulfonamides is 1. The molecule has 0 bridgehead atoms. The molecular formula is C21H23N3O7S. The number of carbonyl (C=O) groups is 2. The number of fused-ring (bicyclic) bond motifs is 1. The molecule has 2 N–H and O–H groups in total. The first-order valence-electron chi connectivity index (χ1n) is 10.0. The highest BCUT2D eigenvalue weighted by atomic mass is 32.2. The van der Waals surface area contributed by atoms with Gasteiger partial charge in [0, 0.05) is 37.5 Å². The Morgan fingerprint density at radius 1 is 1.00 bits per heavy atom. The summed E-state index contributed by atoms with van der Waals surface area (Å²) in [4.78, 5) is 25.4. The van der Waals surface area contributed by atoms with Crippen LogP contribution in [0.3, 0.4) is 0 Å². The highest BCUT2D eigenvalue weighted by Gasteiger charge is 2.32. The van der Waals surface area contributed by atoms with E-state index in [2.05, 4.69) is 10.0 Å². The van der Waals surface area contributed by atoms with E-state index in [9.17, 15) is 18.0 Å². The third kappa shape index (κ3) is 4.94. The Kier molecular flexibility index (Phi) is 6.19. The average molecular weight is 461 g/mol. The SMILES string of the molecule is CC(=O)Nc1ccc(NS(=O)(=O)c2ccc3c(c2)OC[C@H](C(=O)N2CCOCC2)O3)cc1. The van der Waals surface area contributed by atoms with E-state index in [0.717, 1.165) is 0 Å². The van der Waals surface area contributed by atoms with Gasteiger partial charge >= 0.3 is 0 Å². The van der Waals surface area contributed by atoms with Crippen molar-refractivity contribution in [2.45, 2.75) is 17.9 Å². The molecule has 2 aromatic rings. The Bertz CT molecular complexity index is 1110. The van der Waals surface area contributed by atoms with Crippen LogP contribution in [0.4, 0.5) is 11.4 Å². The van der Waals surface area contributed by atoms with Crippen molar-refractivity contribution < 1.29 is 32.2 Å². The summed E-state index contributed by atoms with van der Waals surface area (Å²) in [5.41, 5.74) is 0.895. The normalized spacial score (nSPS) is 18.0. The van der Waals surface area contributed by atoms with Gasteiger partial charge in [0.1, 0.15) is 6.61 Å². The lowest BCUT2D eigenvalue weighted by Crippen LogP contribution is -2.50. The molecular weight excluding hydrogens is 438 g/mol. The average Bonchev–Trinajstić information content (AvgIpc) is 2.79. The summed E-state index contributed by atoms with van der Waals surface area (Å²) in [5.74, 6) is 0.157. The molecule has 1 atom stereocenters. The van der Waals surface area contributed by atoms with Gasteiger partial charge in [-0.25, -0.2) is 8.42 Å². The van der Waals surface area contributed by atoms with Gasteiger partial charge in [-0.15, -0.1) is 0 Å². The van der Waals surface area contributed by atoms with Crippen LogP contribution in [0.5, 0.6) is 11.5 Å². The molecule has 10 nitrogen and oxygen atoms in total. The molecule has 0 saturated carbocycles.